The fourth-order valence-corrected chi connectivity index (χ4v) is 1.64. The molecule has 0 amide bonds. The van der Waals surface area contributed by atoms with Crippen LogP contribution in [0.3, 0.4) is 0 Å². The van der Waals surface area contributed by atoms with Crippen LogP contribution in [0.2, 0.25) is 0 Å². The lowest BCUT2D eigenvalue weighted by Crippen LogP contribution is -2.34. The van der Waals surface area contributed by atoms with E-state index in [9.17, 15) is 19.5 Å². The summed E-state index contributed by atoms with van der Waals surface area (Å²) in [6.07, 6.45) is 0.299. The number of carbonyl (C=O) groups excluding carboxylic acids is 1. The van der Waals surface area contributed by atoms with Crippen LogP contribution >= 0.6 is 11.8 Å². The van der Waals surface area contributed by atoms with E-state index in [4.69, 9.17) is 0 Å². The van der Waals surface area contributed by atoms with Gasteiger partial charge in [-0.25, -0.2) is 9.89 Å². The second-order valence-electron chi connectivity index (χ2n) is 2.65. The van der Waals surface area contributed by atoms with Gasteiger partial charge >= 0.3 is 5.69 Å². The summed E-state index contributed by atoms with van der Waals surface area (Å²) in [5.41, 5.74) is -1.44. The first-order valence-corrected chi connectivity index (χ1v) is 4.99. The number of nitrogens with zero attached hydrogens (tertiary/aromatic N) is 1. The molecule has 8 heteroatoms. The normalized spacial score (nSPS) is 12.3. The highest BCUT2D eigenvalue weighted by molar-refractivity contribution is 8.00. The molecule has 2 N–H and O–H groups in total. The number of carboxylic acids is 1. The first-order valence-electron chi connectivity index (χ1n) is 4.11. The topological polar surface area (TPSA) is 119 Å². The number of hydrogen-bond donors (Lipinski definition) is 2. The molecule has 0 saturated heterocycles. The Balaban J connectivity index is 2.94. The third kappa shape index (κ3) is 2.94. The van der Waals surface area contributed by atoms with E-state index in [0.29, 0.717) is 6.42 Å². The van der Waals surface area contributed by atoms with Crippen molar-refractivity contribution in [3.8, 4) is 0 Å². The zero-order valence-electron chi connectivity index (χ0n) is 7.77. The van der Waals surface area contributed by atoms with Gasteiger partial charge in [0.2, 0.25) is 0 Å². The molecule has 0 saturated carbocycles. The quantitative estimate of drug-likeness (QED) is 0.582. The van der Waals surface area contributed by atoms with Gasteiger partial charge in [0, 0.05) is 0 Å². The summed E-state index contributed by atoms with van der Waals surface area (Å²) >= 11 is 0.745. The van der Waals surface area contributed by atoms with Gasteiger partial charge in [-0.2, -0.15) is 5.10 Å². The van der Waals surface area contributed by atoms with Gasteiger partial charge in [-0.05, 0) is 6.42 Å². The summed E-state index contributed by atoms with van der Waals surface area (Å²) in [7, 11) is 0. The Bertz CT molecular complexity index is 466. The molecular formula is C7H8N3O4S-. The molecule has 1 atom stereocenters. The first kappa shape index (κ1) is 11.5. The van der Waals surface area contributed by atoms with Gasteiger partial charge in [-0.1, -0.05) is 18.7 Å². The smallest absolute Gasteiger partial charge is 0.342 e. The summed E-state index contributed by atoms with van der Waals surface area (Å²) in [5.74, 6) is -1.27. The minimum Gasteiger partial charge on any atom is -0.549 e. The fourth-order valence-electron chi connectivity index (χ4n) is 0.850. The van der Waals surface area contributed by atoms with Gasteiger partial charge in [0.25, 0.3) is 5.56 Å². The molecule has 0 radical (unpaired) electrons. The molecule has 7 nitrogen and oxygen atoms in total. The number of carboxylic acid groups (broad SMARTS) is 1. The maximum Gasteiger partial charge on any atom is 0.342 e. The van der Waals surface area contributed by atoms with E-state index in [2.05, 4.69) is 5.10 Å². The van der Waals surface area contributed by atoms with Gasteiger partial charge in [-0.3, -0.25) is 9.78 Å². The van der Waals surface area contributed by atoms with Gasteiger partial charge in [0.15, 0.2) is 5.03 Å². The zero-order valence-corrected chi connectivity index (χ0v) is 8.59. The van der Waals surface area contributed by atoms with Crippen molar-refractivity contribution in [3.05, 3.63) is 20.8 Å². The molecule has 1 aromatic heterocycles. The predicted octanol–water partition coefficient (Wildman–Crippen LogP) is -1.92. The molecule has 0 fully saturated rings. The van der Waals surface area contributed by atoms with Crippen LogP contribution in [-0.4, -0.2) is 26.4 Å². The molecule has 0 aromatic carbocycles. The predicted molar refractivity (Wildman–Crippen MR) is 50.4 cm³/mol. The Morgan fingerprint density at radius 2 is 2.27 bits per heavy atom. The molecule has 0 spiro atoms. The van der Waals surface area contributed by atoms with Crippen molar-refractivity contribution >= 4 is 17.7 Å². The van der Waals surface area contributed by atoms with E-state index >= 15 is 0 Å². The maximum absolute atomic E-state index is 11.1. The molecule has 0 unspecified atom stereocenters. The molecule has 1 rings (SSSR count). The van der Waals surface area contributed by atoms with E-state index < -0.39 is 22.5 Å². The lowest BCUT2D eigenvalue weighted by Gasteiger charge is -2.13. The van der Waals surface area contributed by atoms with Crippen LogP contribution in [0.1, 0.15) is 13.3 Å². The number of hydrogen-bond acceptors (Lipinski definition) is 6. The van der Waals surface area contributed by atoms with E-state index in [1.807, 2.05) is 10.1 Å². The third-order valence-electron chi connectivity index (χ3n) is 1.57. The highest BCUT2D eigenvalue weighted by Gasteiger charge is 2.13. The molecule has 82 valence electrons. The Kier molecular flexibility index (Phi) is 3.67. The fraction of sp³-hybridized carbons (Fsp3) is 0.429. The highest BCUT2D eigenvalue weighted by Crippen LogP contribution is 2.18. The van der Waals surface area contributed by atoms with Crippen molar-refractivity contribution in [1.82, 2.24) is 15.2 Å². The van der Waals surface area contributed by atoms with Crippen molar-refractivity contribution in [1.29, 1.82) is 0 Å². The number of aromatic amines is 2. The number of aliphatic carboxylic acids is 1. The monoisotopic (exact) mass is 230 g/mol. The van der Waals surface area contributed by atoms with Crippen LogP contribution in [0, 0.1) is 0 Å². The molecule has 15 heavy (non-hydrogen) atoms. The van der Waals surface area contributed by atoms with Gasteiger partial charge in [0.1, 0.15) is 0 Å². The summed E-state index contributed by atoms with van der Waals surface area (Å²) < 4.78 is 0. The Morgan fingerprint density at radius 3 is 2.73 bits per heavy atom. The largest absolute Gasteiger partial charge is 0.549 e. The number of carbonyl (C=O) groups is 1. The second-order valence-corrected chi connectivity index (χ2v) is 3.84. The molecule has 1 heterocycles. The molecule has 1 aromatic rings. The minimum absolute atomic E-state index is 0.0920. The average molecular weight is 230 g/mol. The Labute approximate surface area is 87.9 Å². The molecule has 0 aliphatic heterocycles. The SMILES string of the molecule is CC[C@H](Sc1n[nH]c(=O)[nH]c1=O)C(=O)[O-]. The van der Waals surface area contributed by atoms with Gasteiger partial charge in [-0.15, -0.1) is 0 Å². The van der Waals surface area contributed by atoms with Crippen molar-refractivity contribution < 1.29 is 9.90 Å². The molecular weight excluding hydrogens is 222 g/mol. The standard InChI is InChI=1S/C7H9N3O4S/c1-2-3(6(12)13)15-5-4(11)8-7(14)10-9-5/h3H,2H2,1H3,(H,12,13)(H2,8,10,11,14)/p-1/t3-/m0/s1. The van der Waals surface area contributed by atoms with E-state index in [1.165, 1.54) is 0 Å². The van der Waals surface area contributed by atoms with E-state index in [-0.39, 0.29) is 5.03 Å². The number of nitrogens with one attached hydrogen (secondary N) is 2. The maximum atomic E-state index is 11.1. The van der Waals surface area contributed by atoms with Crippen molar-refractivity contribution in [2.45, 2.75) is 23.6 Å². The van der Waals surface area contributed by atoms with Gasteiger partial charge in [0.05, 0.1) is 11.2 Å². The molecule has 0 aliphatic rings. The average Bonchev–Trinajstić information content (AvgIpc) is 2.16. The van der Waals surface area contributed by atoms with Crippen LogP contribution in [0.25, 0.3) is 0 Å². The molecule has 0 aliphatic carbocycles. The van der Waals surface area contributed by atoms with Crippen LogP contribution in [0.4, 0.5) is 0 Å². The van der Waals surface area contributed by atoms with Crippen LogP contribution < -0.4 is 16.4 Å². The second kappa shape index (κ2) is 4.78. The number of aromatic nitrogens is 3. The zero-order chi connectivity index (χ0) is 11.4. The van der Waals surface area contributed by atoms with Crippen LogP contribution in [0.5, 0.6) is 0 Å². The number of thioether (sulfide) groups is 1. The summed E-state index contributed by atoms with van der Waals surface area (Å²) in [4.78, 5) is 34.3. The van der Waals surface area contributed by atoms with Gasteiger partial charge < -0.3 is 9.90 Å². The minimum atomic E-state index is -1.27. The summed E-state index contributed by atoms with van der Waals surface area (Å²) in [6, 6.07) is 0. The van der Waals surface area contributed by atoms with Crippen molar-refractivity contribution in [2.24, 2.45) is 0 Å². The van der Waals surface area contributed by atoms with E-state index in [1.54, 1.807) is 6.92 Å². The first-order chi connectivity index (χ1) is 7.04. The van der Waals surface area contributed by atoms with Crippen molar-refractivity contribution in [2.75, 3.05) is 0 Å². The Morgan fingerprint density at radius 1 is 1.60 bits per heavy atom. The van der Waals surface area contributed by atoms with Crippen LogP contribution in [-0.2, 0) is 4.79 Å². The lowest BCUT2D eigenvalue weighted by atomic mass is 10.3. The summed E-state index contributed by atoms with van der Waals surface area (Å²) in [6.45, 7) is 1.65. The number of H-pyrrole nitrogens is 2. The highest BCUT2D eigenvalue weighted by atomic mass is 32.2. The lowest BCUT2D eigenvalue weighted by molar-refractivity contribution is -0.304. The third-order valence-corrected chi connectivity index (χ3v) is 2.88. The van der Waals surface area contributed by atoms with E-state index in [0.717, 1.165) is 11.8 Å². The summed E-state index contributed by atoms with van der Waals surface area (Å²) in [5, 5.41) is 15.1. The van der Waals surface area contributed by atoms with Crippen molar-refractivity contribution in [3.63, 3.8) is 0 Å². The van der Waals surface area contributed by atoms with Crippen LogP contribution in [0.15, 0.2) is 14.6 Å². The number of rotatable bonds is 4. The molecule has 0 bridgehead atoms. The Hall–Kier alpha value is -1.57.